The number of furan rings is 1. The number of para-hydroxylation sites is 1. The molecule has 0 aliphatic heterocycles. The van der Waals surface area contributed by atoms with E-state index < -0.39 is 0 Å². The topological polar surface area (TPSA) is 45.5 Å². The van der Waals surface area contributed by atoms with E-state index >= 15 is 0 Å². The van der Waals surface area contributed by atoms with Crippen LogP contribution in [0.15, 0.2) is 53.1 Å². The maximum atomic E-state index is 12.0. The Kier molecular flexibility index (Phi) is 4.36. The Morgan fingerprint density at radius 3 is 2.67 bits per heavy atom. The Bertz CT molecular complexity index is 562. The third-order valence-corrected chi connectivity index (χ3v) is 3.69. The standard InChI is InChI=1S/C17H20N2O2/c20-17(18-14-5-2-1-3-6-14)10-11-19(15-8-9-15)13-16-7-4-12-21-16/h1-7,12,15H,8-11,13H2,(H,18,20). The van der Waals surface area contributed by atoms with Crippen LogP contribution < -0.4 is 5.32 Å². The molecule has 21 heavy (non-hydrogen) atoms. The lowest BCUT2D eigenvalue weighted by atomic mass is 10.3. The highest BCUT2D eigenvalue weighted by atomic mass is 16.3. The maximum absolute atomic E-state index is 12.0. The van der Waals surface area contributed by atoms with Gasteiger partial charge in [0.15, 0.2) is 0 Å². The molecule has 0 unspecified atom stereocenters. The van der Waals surface area contributed by atoms with E-state index in [0.717, 1.165) is 24.5 Å². The van der Waals surface area contributed by atoms with E-state index in [-0.39, 0.29) is 5.91 Å². The molecule has 1 N–H and O–H groups in total. The molecule has 0 bridgehead atoms. The Labute approximate surface area is 124 Å². The van der Waals surface area contributed by atoms with Crippen molar-refractivity contribution < 1.29 is 9.21 Å². The summed E-state index contributed by atoms with van der Waals surface area (Å²) in [6.45, 7) is 1.56. The van der Waals surface area contributed by atoms with Gasteiger partial charge in [-0.15, -0.1) is 0 Å². The number of hydrogen-bond acceptors (Lipinski definition) is 3. The molecule has 1 aliphatic rings. The molecule has 110 valence electrons. The minimum atomic E-state index is 0.0614. The van der Waals surface area contributed by atoms with Gasteiger partial charge in [-0.25, -0.2) is 0 Å². The first-order valence-electron chi connectivity index (χ1n) is 7.42. The van der Waals surface area contributed by atoms with Crippen molar-refractivity contribution in [2.24, 2.45) is 0 Å². The van der Waals surface area contributed by atoms with Crippen LogP contribution in [0, 0.1) is 0 Å². The molecular formula is C17H20N2O2. The number of amides is 1. The van der Waals surface area contributed by atoms with Crippen molar-refractivity contribution in [3.05, 3.63) is 54.5 Å². The molecule has 0 radical (unpaired) electrons. The highest BCUT2D eigenvalue weighted by Crippen LogP contribution is 2.28. The molecule has 1 amide bonds. The highest BCUT2D eigenvalue weighted by molar-refractivity contribution is 5.90. The smallest absolute Gasteiger partial charge is 0.225 e. The Morgan fingerprint density at radius 1 is 1.19 bits per heavy atom. The van der Waals surface area contributed by atoms with Crippen LogP contribution in [0.5, 0.6) is 0 Å². The Morgan fingerprint density at radius 2 is 2.00 bits per heavy atom. The third kappa shape index (κ3) is 4.20. The van der Waals surface area contributed by atoms with Gasteiger partial charge in [-0.1, -0.05) is 18.2 Å². The zero-order valence-corrected chi connectivity index (χ0v) is 12.0. The molecule has 3 rings (SSSR count). The van der Waals surface area contributed by atoms with E-state index in [9.17, 15) is 4.79 Å². The monoisotopic (exact) mass is 284 g/mol. The van der Waals surface area contributed by atoms with Gasteiger partial charge in [-0.2, -0.15) is 0 Å². The lowest BCUT2D eigenvalue weighted by molar-refractivity contribution is -0.116. The van der Waals surface area contributed by atoms with Crippen LogP contribution in [0.2, 0.25) is 0 Å². The van der Waals surface area contributed by atoms with Crippen molar-refractivity contribution >= 4 is 11.6 Å². The molecule has 1 heterocycles. The van der Waals surface area contributed by atoms with Gasteiger partial charge >= 0.3 is 0 Å². The molecule has 0 saturated heterocycles. The largest absolute Gasteiger partial charge is 0.468 e. The minimum absolute atomic E-state index is 0.0614. The van der Waals surface area contributed by atoms with Gasteiger partial charge in [-0.3, -0.25) is 9.69 Å². The fourth-order valence-corrected chi connectivity index (χ4v) is 2.42. The van der Waals surface area contributed by atoms with Gasteiger partial charge in [-0.05, 0) is 37.1 Å². The van der Waals surface area contributed by atoms with Crippen molar-refractivity contribution in [3.8, 4) is 0 Å². The number of anilines is 1. The SMILES string of the molecule is O=C(CCN(Cc1ccco1)C1CC1)Nc1ccccc1. The van der Waals surface area contributed by atoms with Crippen LogP contribution >= 0.6 is 0 Å². The number of nitrogens with one attached hydrogen (secondary N) is 1. The second kappa shape index (κ2) is 6.59. The number of carbonyl (C=O) groups excluding carboxylic acids is 1. The van der Waals surface area contributed by atoms with Gasteiger partial charge in [0.05, 0.1) is 12.8 Å². The average molecular weight is 284 g/mol. The van der Waals surface area contributed by atoms with E-state index in [1.54, 1.807) is 6.26 Å². The molecule has 1 fully saturated rings. The summed E-state index contributed by atoms with van der Waals surface area (Å²) in [5.41, 5.74) is 0.853. The van der Waals surface area contributed by atoms with E-state index in [0.29, 0.717) is 12.5 Å². The number of carbonyl (C=O) groups is 1. The van der Waals surface area contributed by atoms with Crippen molar-refractivity contribution in [1.29, 1.82) is 0 Å². The third-order valence-electron chi connectivity index (χ3n) is 3.69. The number of hydrogen-bond donors (Lipinski definition) is 1. The zero-order valence-electron chi connectivity index (χ0n) is 12.0. The van der Waals surface area contributed by atoms with Gasteiger partial charge in [0.2, 0.25) is 5.91 Å². The van der Waals surface area contributed by atoms with Crippen LogP contribution in [0.1, 0.15) is 25.0 Å². The van der Waals surface area contributed by atoms with Crippen molar-refractivity contribution in [3.63, 3.8) is 0 Å². The Hall–Kier alpha value is -2.07. The predicted molar refractivity (Wildman–Crippen MR) is 81.8 cm³/mol. The highest BCUT2D eigenvalue weighted by Gasteiger charge is 2.29. The fourth-order valence-electron chi connectivity index (χ4n) is 2.42. The second-order valence-electron chi connectivity index (χ2n) is 5.45. The summed E-state index contributed by atoms with van der Waals surface area (Å²) in [7, 11) is 0. The second-order valence-corrected chi connectivity index (χ2v) is 5.45. The zero-order chi connectivity index (χ0) is 14.5. The van der Waals surface area contributed by atoms with Crippen molar-refractivity contribution in [1.82, 2.24) is 4.90 Å². The average Bonchev–Trinajstić information content (AvgIpc) is 3.22. The number of rotatable bonds is 7. The molecule has 1 saturated carbocycles. The molecule has 2 aromatic rings. The normalized spacial score (nSPS) is 14.3. The van der Waals surface area contributed by atoms with Crippen LogP contribution in [-0.4, -0.2) is 23.4 Å². The van der Waals surface area contributed by atoms with Gasteiger partial charge < -0.3 is 9.73 Å². The summed E-state index contributed by atoms with van der Waals surface area (Å²) in [4.78, 5) is 14.3. The first kappa shape index (κ1) is 13.9. The van der Waals surface area contributed by atoms with Crippen LogP contribution in [-0.2, 0) is 11.3 Å². The van der Waals surface area contributed by atoms with Gasteiger partial charge in [0, 0.05) is 24.7 Å². The molecule has 4 heteroatoms. The molecular weight excluding hydrogens is 264 g/mol. The molecule has 1 aromatic heterocycles. The summed E-state index contributed by atoms with van der Waals surface area (Å²) in [5.74, 6) is 1.02. The summed E-state index contributed by atoms with van der Waals surface area (Å²) in [6.07, 6.45) is 4.65. The van der Waals surface area contributed by atoms with Gasteiger partial charge in [0.1, 0.15) is 5.76 Å². The molecule has 1 aromatic carbocycles. The van der Waals surface area contributed by atoms with E-state index in [4.69, 9.17) is 4.42 Å². The molecule has 0 atom stereocenters. The lowest BCUT2D eigenvalue weighted by Crippen LogP contribution is -2.29. The van der Waals surface area contributed by atoms with Crippen LogP contribution in [0.3, 0.4) is 0 Å². The molecule has 1 aliphatic carbocycles. The van der Waals surface area contributed by atoms with Crippen LogP contribution in [0.4, 0.5) is 5.69 Å². The van der Waals surface area contributed by atoms with Crippen LogP contribution in [0.25, 0.3) is 0 Å². The number of benzene rings is 1. The fraction of sp³-hybridized carbons (Fsp3) is 0.353. The van der Waals surface area contributed by atoms with E-state index in [1.807, 2.05) is 42.5 Å². The summed E-state index contributed by atoms with van der Waals surface area (Å²) < 4.78 is 5.40. The van der Waals surface area contributed by atoms with E-state index in [2.05, 4.69) is 10.2 Å². The van der Waals surface area contributed by atoms with Gasteiger partial charge in [0.25, 0.3) is 0 Å². The summed E-state index contributed by atoms with van der Waals surface area (Å²) in [5, 5.41) is 2.93. The predicted octanol–water partition coefficient (Wildman–Crippen LogP) is 3.27. The van der Waals surface area contributed by atoms with E-state index in [1.165, 1.54) is 12.8 Å². The summed E-state index contributed by atoms with van der Waals surface area (Å²) in [6, 6.07) is 14.1. The lowest BCUT2D eigenvalue weighted by Gasteiger charge is -2.20. The minimum Gasteiger partial charge on any atom is -0.468 e. The quantitative estimate of drug-likeness (QED) is 0.848. The maximum Gasteiger partial charge on any atom is 0.225 e. The molecule has 0 spiro atoms. The first-order chi connectivity index (χ1) is 10.3. The Balaban J connectivity index is 1.49. The summed E-state index contributed by atoms with van der Waals surface area (Å²) >= 11 is 0. The number of nitrogens with zero attached hydrogens (tertiary/aromatic N) is 1. The van der Waals surface area contributed by atoms with Crippen molar-refractivity contribution in [2.45, 2.75) is 31.8 Å². The first-order valence-corrected chi connectivity index (χ1v) is 7.42. The van der Waals surface area contributed by atoms with Crippen molar-refractivity contribution in [2.75, 3.05) is 11.9 Å². The molecule has 4 nitrogen and oxygen atoms in total.